The lowest BCUT2D eigenvalue weighted by Crippen LogP contribution is -2.45. The normalized spacial score (nSPS) is 31.5. The molecule has 1 nitrogen and oxygen atoms in total. The van der Waals surface area contributed by atoms with Crippen LogP contribution < -0.4 is 0 Å². The van der Waals surface area contributed by atoms with Crippen LogP contribution in [-0.4, -0.2) is 10.7 Å². The summed E-state index contributed by atoms with van der Waals surface area (Å²) in [5, 5.41) is 10.6. The summed E-state index contributed by atoms with van der Waals surface area (Å²) in [7, 11) is 0. The van der Waals surface area contributed by atoms with Gasteiger partial charge in [-0.3, -0.25) is 0 Å². The van der Waals surface area contributed by atoms with Gasteiger partial charge in [0.05, 0.1) is 5.60 Å². The molecule has 1 rings (SSSR count). The molecule has 0 fully saturated rings. The summed E-state index contributed by atoms with van der Waals surface area (Å²) < 4.78 is 0. The predicted octanol–water partition coefficient (Wildman–Crippen LogP) is 3.94. The van der Waals surface area contributed by atoms with Gasteiger partial charge in [0.1, 0.15) is 0 Å². The van der Waals surface area contributed by atoms with Gasteiger partial charge in [-0.1, -0.05) is 65.3 Å². The minimum Gasteiger partial charge on any atom is -0.385 e. The molecule has 2 atom stereocenters. The lowest BCUT2D eigenvalue weighted by molar-refractivity contribution is 0.00120. The molecule has 0 saturated heterocycles. The number of aliphatic hydroxyl groups is 1. The highest BCUT2D eigenvalue weighted by Crippen LogP contribution is 2.48. The minimum atomic E-state index is -0.740. The third kappa shape index (κ3) is 2.57. The van der Waals surface area contributed by atoms with Crippen LogP contribution in [0.3, 0.4) is 0 Å². The first-order chi connectivity index (χ1) is 6.96. The molecule has 1 aliphatic carbocycles. The van der Waals surface area contributed by atoms with Gasteiger partial charge in [-0.25, -0.2) is 0 Å². The van der Waals surface area contributed by atoms with E-state index >= 15 is 0 Å². The van der Waals surface area contributed by atoms with E-state index in [1.54, 1.807) is 0 Å². The molecule has 92 valence electrons. The Kier molecular flexibility index (Phi) is 3.15. The minimum absolute atomic E-state index is 0.0629. The Bertz CT molecular complexity index is 318. The number of allylic oxidation sites excluding steroid dienone is 2. The molecule has 1 heteroatoms. The van der Waals surface area contributed by atoms with Gasteiger partial charge in [0, 0.05) is 5.92 Å². The first kappa shape index (κ1) is 13.5. The Labute approximate surface area is 100 Å². The maximum absolute atomic E-state index is 10.6. The first-order valence-corrected chi connectivity index (χ1v) is 6.08. The molecule has 1 N–H and O–H groups in total. The smallest absolute Gasteiger partial charge is 0.0873 e. The highest BCUT2D eigenvalue weighted by molar-refractivity contribution is 5.33. The van der Waals surface area contributed by atoms with Gasteiger partial charge in [-0.05, 0) is 17.8 Å². The summed E-state index contributed by atoms with van der Waals surface area (Å²) >= 11 is 0. The van der Waals surface area contributed by atoms with Crippen LogP contribution in [0.4, 0.5) is 0 Å². The van der Waals surface area contributed by atoms with Crippen LogP contribution in [-0.2, 0) is 0 Å². The molecule has 0 aromatic carbocycles. The van der Waals surface area contributed by atoms with Crippen molar-refractivity contribution in [1.82, 2.24) is 0 Å². The van der Waals surface area contributed by atoms with Crippen molar-refractivity contribution < 1.29 is 5.11 Å². The first-order valence-electron chi connectivity index (χ1n) is 6.08. The van der Waals surface area contributed by atoms with E-state index in [-0.39, 0.29) is 16.7 Å². The molecular formula is C15H26O. The maximum Gasteiger partial charge on any atom is 0.0873 e. The Balaban J connectivity index is 3.26. The average Bonchev–Trinajstić information content (AvgIpc) is 1.97. The van der Waals surface area contributed by atoms with Gasteiger partial charge in [-0.2, -0.15) is 0 Å². The summed E-state index contributed by atoms with van der Waals surface area (Å²) in [5.74, 6) is 0.171. The highest BCUT2D eigenvalue weighted by atomic mass is 16.3. The molecule has 1 aliphatic rings. The van der Waals surface area contributed by atoms with E-state index < -0.39 is 5.60 Å². The summed E-state index contributed by atoms with van der Waals surface area (Å²) in [6.45, 7) is 15.2. The van der Waals surface area contributed by atoms with Crippen LogP contribution in [0, 0.1) is 16.7 Å². The zero-order valence-electron chi connectivity index (χ0n) is 11.8. The van der Waals surface area contributed by atoms with E-state index in [0.29, 0.717) is 0 Å². The van der Waals surface area contributed by atoms with Crippen molar-refractivity contribution in [2.75, 3.05) is 0 Å². The molecule has 0 heterocycles. The summed E-state index contributed by atoms with van der Waals surface area (Å²) in [6, 6.07) is 0. The van der Waals surface area contributed by atoms with E-state index in [4.69, 9.17) is 0 Å². The van der Waals surface area contributed by atoms with Crippen LogP contribution in [0.15, 0.2) is 23.8 Å². The third-order valence-electron chi connectivity index (χ3n) is 3.34. The standard InChI is InChI=1S/C15H26O/c1-13(2,3)11-9-8-10-15(7,16)12(11)14(4,5)6/h8-10,12,16H,1-7H3. The fourth-order valence-corrected chi connectivity index (χ4v) is 2.88. The topological polar surface area (TPSA) is 20.2 Å². The van der Waals surface area contributed by atoms with E-state index in [0.717, 1.165) is 0 Å². The van der Waals surface area contributed by atoms with Gasteiger partial charge in [0.2, 0.25) is 0 Å². The van der Waals surface area contributed by atoms with Gasteiger partial charge in [-0.15, -0.1) is 0 Å². The Hall–Kier alpha value is -0.560. The second-order valence-electron chi connectivity index (χ2n) is 7.26. The molecule has 0 bridgehead atoms. The number of hydrogen-bond acceptors (Lipinski definition) is 1. The van der Waals surface area contributed by atoms with Crippen molar-refractivity contribution in [2.24, 2.45) is 16.7 Å². The summed E-state index contributed by atoms with van der Waals surface area (Å²) in [6.07, 6.45) is 6.08. The fourth-order valence-electron chi connectivity index (χ4n) is 2.88. The summed E-state index contributed by atoms with van der Waals surface area (Å²) in [5.41, 5.74) is 0.767. The highest BCUT2D eigenvalue weighted by Gasteiger charge is 2.44. The third-order valence-corrected chi connectivity index (χ3v) is 3.34. The van der Waals surface area contributed by atoms with Gasteiger partial charge >= 0.3 is 0 Å². The van der Waals surface area contributed by atoms with Crippen molar-refractivity contribution in [2.45, 2.75) is 54.1 Å². The van der Waals surface area contributed by atoms with Crippen LogP contribution in [0.2, 0.25) is 0 Å². The van der Waals surface area contributed by atoms with E-state index in [2.05, 4.69) is 47.6 Å². The SMILES string of the molecule is CC(C)(C)C1=CC=CC(C)(O)C1C(C)(C)C. The van der Waals surface area contributed by atoms with Gasteiger partial charge in [0.15, 0.2) is 0 Å². The molecule has 2 unspecified atom stereocenters. The Morgan fingerprint density at radius 2 is 1.62 bits per heavy atom. The van der Waals surface area contributed by atoms with Crippen LogP contribution in [0.1, 0.15) is 48.5 Å². The van der Waals surface area contributed by atoms with Gasteiger partial charge < -0.3 is 5.11 Å². The maximum atomic E-state index is 10.6. The lowest BCUT2D eigenvalue weighted by atomic mass is 9.60. The second kappa shape index (κ2) is 3.73. The zero-order valence-corrected chi connectivity index (χ0v) is 11.8. The second-order valence-corrected chi connectivity index (χ2v) is 7.26. The van der Waals surface area contributed by atoms with Crippen molar-refractivity contribution >= 4 is 0 Å². The fraction of sp³-hybridized carbons (Fsp3) is 0.733. The van der Waals surface area contributed by atoms with Gasteiger partial charge in [0.25, 0.3) is 0 Å². The number of rotatable bonds is 0. The average molecular weight is 222 g/mol. The summed E-state index contributed by atoms with van der Waals surface area (Å²) in [4.78, 5) is 0. The predicted molar refractivity (Wildman–Crippen MR) is 70.2 cm³/mol. The Morgan fingerprint density at radius 1 is 1.12 bits per heavy atom. The largest absolute Gasteiger partial charge is 0.385 e. The van der Waals surface area contributed by atoms with E-state index in [1.165, 1.54) is 5.57 Å². The molecule has 0 radical (unpaired) electrons. The van der Waals surface area contributed by atoms with Crippen molar-refractivity contribution in [1.29, 1.82) is 0 Å². The molecule has 0 saturated carbocycles. The van der Waals surface area contributed by atoms with Crippen LogP contribution in [0.5, 0.6) is 0 Å². The number of hydrogen-bond donors (Lipinski definition) is 1. The molecule has 0 aromatic rings. The van der Waals surface area contributed by atoms with Crippen LogP contribution >= 0.6 is 0 Å². The quantitative estimate of drug-likeness (QED) is 0.658. The van der Waals surface area contributed by atoms with E-state index in [1.807, 2.05) is 19.1 Å². The van der Waals surface area contributed by atoms with Crippen molar-refractivity contribution in [3.8, 4) is 0 Å². The molecular weight excluding hydrogens is 196 g/mol. The zero-order chi connectivity index (χ0) is 12.8. The van der Waals surface area contributed by atoms with Crippen molar-refractivity contribution in [3.63, 3.8) is 0 Å². The Morgan fingerprint density at radius 3 is 1.94 bits per heavy atom. The van der Waals surface area contributed by atoms with E-state index in [9.17, 15) is 5.11 Å². The van der Waals surface area contributed by atoms with Crippen LogP contribution in [0.25, 0.3) is 0 Å². The monoisotopic (exact) mass is 222 g/mol. The molecule has 0 aliphatic heterocycles. The molecule has 16 heavy (non-hydrogen) atoms. The molecule has 0 amide bonds. The molecule has 0 aromatic heterocycles. The van der Waals surface area contributed by atoms with Crippen molar-refractivity contribution in [3.05, 3.63) is 23.8 Å². The lowest BCUT2D eigenvalue weighted by Gasteiger charge is -2.47. The molecule has 0 spiro atoms.